The third-order valence-electron chi connectivity index (χ3n) is 3.10. The molecule has 0 aliphatic rings. The van der Waals surface area contributed by atoms with Crippen molar-refractivity contribution >= 4 is 11.8 Å². The van der Waals surface area contributed by atoms with E-state index >= 15 is 0 Å². The van der Waals surface area contributed by atoms with E-state index in [9.17, 15) is 0 Å². The Morgan fingerprint density at radius 3 is 2.43 bits per heavy atom. The average molecular weight is 303 g/mol. The fourth-order valence-electron chi connectivity index (χ4n) is 2.13. The van der Waals surface area contributed by atoms with Gasteiger partial charge in [-0.2, -0.15) is 0 Å². The first kappa shape index (κ1) is 15.7. The minimum absolute atomic E-state index is 0.150. The number of hydrogen-bond acceptors (Lipinski definition) is 4. The smallest absolute Gasteiger partial charge is 0.161 e. The molecule has 1 atom stereocenters. The molecule has 0 saturated carbocycles. The first-order valence-corrected chi connectivity index (χ1v) is 7.69. The molecule has 0 aliphatic carbocycles. The van der Waals surface area contributed by atoms with Gasteiger partial charge in [-0.1, -0.05) is 30.0 Å². The molecule has 2 aromatic rings. The molecule has 2 N–H and O–H groups in total. The van der Waals surface area contributed by atoms with Crippen molar-refractivity contribution in [2.45, 2.75) is 29.2 Å². The molecule has 0 spiro atoms. The highest BCUT2D eigenvalue weighted by Crippen LogP contribution is 2.36. The summed E-state index contributed by atoms with van der Waals surface area (Å²) in [6.07, 6.45) is 0.871. The highest BCUT2D eigenvalue weighted by molar-refractivity contribution is 7.99. The van der Waals surface area contributed by atoms with Gasteiger partial charge in [0.25, 0.3) is 0 Å². The number of nitrogens with two attached hydrogens (primary N) is 1. The van der Waals surface area contributed by atoms with Crippen LogP contribution in [-0.4, -0.2) is 20.3 Å². The molecule has 2 aromatic carbocycles. The van der Waals surface area contributed by atoms with Gasteiger partial charge in [-0.25, -0.2) is 0 Å². The van der Waals surface area contributed by atoms with E-state index in [2.05, 4.69) is 18.2 Å². The molecule has 2 rings (SSSR count). The molecule has 0 amide bonds. The summed E-state index contributed by atoms with van der Waals surface area (Å²) in [4.78, 5) is 2.34. The van der Waals surface area contributed by atoms with Crippen LogP contribution in [0.5, 0.6) is 11.5 Å². The van der Waals surface area contributed by atoms with Gasteiger partial charge in [0.1, 0.15) is 0 Å². The van der Waals surface area contributed by atoms with Crippen LogP contribution in [0.2, 0.25) is 0 Å². The Balaban J connectivity index is 2.26. The second-order valence-electron chi connectivity index (χ2n) is 4.91. The lowest BCUT2D eigenvalue weighted by Gasteiger charge is -2.13. The Morgan fingerprint density at radius 2 is 1.76 bits per heavy atom. The second-order valence-corrected chi connectivity index (χ2v) is 6.02. The maximum absolute atomic E-state index is 5.92. The van der Waals surface area contributed by atoms with Crippen molar-refractivity contribution in [1.29, 1.82) is 0 Å². The summed E-state index contributed by atoms with van der Waals surface area (Å²) in [5.41, 5.74) is 7.20. The number of methoxy groups -OCH3 is 2. The lowest BCUT2D eigenvalue weighted by atomic mass is 10.1. The largest absolute Gasteiger partial charge is 0.493 e. The van der Waals surface area contributed by atoms with Crippen molar-refractivity contribution in [3.8, 4) is 11.5 Å². The minimum atomic E-state index is 0.150. The summed E-state index contributed by atoms with van der Waals surface area (Å²) in [5, 5.41) is 0. The fraction of sp³-hybridized carbons (Fsp3) is 0.294. The molecule has 0 aromatic heterocycles. The van der Waals surface area contributed by atoms with E-state index in [1.807, 2.05) is 31.2 Å². The molecule has 0 saturated heterocycles. The normalized spacial score (nSPS) is 12.0. The maximum atomic E-state index is 5.92. The van der Waals surface area contributed by atoms with Crippen LogP contribution in [0.3, 0.4) is 0 Å². The van der Waals surface area contributed by atoms with Gasteiger partial charge in [-0.3, -0.25) is 0 Å². The molecular weight excluding hydrogens is 282 g/mol. The van der Waals surface area contributed by atoms with Crippen molar-refractivity contribution in [2.75, 3.05) is 14.2 Å². The molecule has 0 bridgehead atoms. The van der Waals surface area contributed by atoms with Gasteiger partial charge in [-0.15, -0.1) is 0 Å². The lowest BCUT2D eigenvalue weighted by Crippen LogP contribution is -2.18. The number of hydrogen-bond donors (Lipinski definition) is 1. The van der Waals surface area contributed by atoms with Crippen LogP contribution in [0.1, 0.15) is 12.5 Å². The molecule has 112 valence electrons. The predicted octanol–water partition coefficient (Wildman–Crippen LogP) is 3.74. The standard InChI is InChI=1S/C17H21NO2S/c1-12(18)10-13-6-4-5-7-17(13)21-14-8-9-15(19-2)16(11-14)20-3/h4-9,11-12H,10,18H2,1-3H3/t12-/m0/s1. The fourth-order valence-corrected chi connectivity index (χ4v) is 3.11. The van der Waals surface area contributed by atoms with Gasteiger partial charge >= 0.3 is 0 Å². The van der Waals surface area contributed by atoms with E-state index in [4.69, 9.17) is 15.2 Å². The molecule has 0 radical (unpaired) electrons. The van der Waals surface area contributed by atoms with E-state index in [-0.39, 0.29) is 6.04 Å². The van der Waals surface area contributed by atoms with Crippen LogP contribution in [0, 0.1) is 0 Å². The molecule has 0 unspecified atom stereocenters. The lowest BCUT2D eigenvalue weighted by molar-refractivity contribution is 0.354. The van der Waals surface area contributed by atoms with E-state index in [0.717, 1.165) is 22.8 Å². The number of ether oxygens (including phenoxy) is 2. The zero-order valence-electron chi connectivity index (χ0n) is 12.6. The average Bonchev–Trinajstić information content (AvgIpc) is 2.48. The highest BCUT2D eigenvalue weighted by Gasteiger charge is 2.09. The van der Waals surface area contributed by atoms with Crippen LogP contribution in [0.4, 0.5) is 0 Å². The molecule has 21 heavy (non-hydrogen) atoms. The van der Waals surface area contributed by atoms with E-state index < -0.39 is 0 Å². The quantitative estimate of drug-likeness (QED) is 0.883. The minimum Gasteiger partial charge on any atom is -0.493 e. The first-order chi connectivity index (χ1) is 10.1. The summed E-state index contributed by atoms with van der Waals surface area (Å²) >= 11 is 1.71. The summed E-state index contributed by atoms with van der Waals surface area (Å²) in [7, 11) is 3.29. The van der Waals surface area contributed by atoms with Gasteiger partial charge in [0.2, 0.25) is 0 Å². The van der Waals surface area contributed by atoms with Crippen molar-refractivity contribution in [2.24, 2.45) is 5.73 Å². The van der Waals surface area contributed by atoms with Crippen LogP contribution in [0.25, 0.3) is 0 Å². The van der Waals surface area contributed by atoms with Crippen molar-refractivity contribution < 1.29 is 9.47 Å². The predicted molar refractivity (Wildman–Crippen MR) is 87.5 cm³/mol. The van der Waals surface area contributed by atoms with Crippen LogP contribution >= 0.6 is 11.8 Å². The van der Waals surface area contributed by atoms with Gasteiger partial charge < -0.3 is 15.2 Å². The van der Waals surface area contributed by atoms with Gasteiger partial charge in [-0.05, 0) is 43.2 Å². The highest BCUT2D eigenvalue weighted by atomic mass is 32.2. The monoisotopic (exact) mass is 303 g/mol. The maximum Gasteiger partial charge on any atom is 0.161 e. The molecule has 0 aliphatic heterocycles. The number of rotatable bonds is 6. The molecule has 4 heteroatoms. The topological polar surface area (TPSA) is 44.5 Å². The molecular formula is C17H21NO2S. The Labute approximate surface area is 130 Å². The van der Waals surface area contributed by atoms with Crippen LogP contribution in [0.15, 0.2) is 52.3 Å². The zero-order valence-corrected chi connectivity index (χ0v) is 13.4. The summed E-state index contributed by atoms with van der Waals surface area (Å²) in [6, 6.07) is 14.5. The summed E-state index contributed by atoms with van der Waals surface area (Å²) < 4.78 is 10.6. The van der Waals surface area contributed by atoms with E-state index in [1.54, 1.807) is 26.0 Å². The van der Waals surface area contributed by atoms with Crippen molar-refractivity contribution in [3.63, 3.8) is 0 Å². The Morgan fingerprint density at radius 1 is 1.05 bits per heavy atom. The Hall–Kier alpha value is -1.65. The van der Waals surface area contributed by atoms with Crippen LogP contribution in [-0.2, 0) is 6.42 Å². The summed E-state index contributed by atoms with van der Waals surface area (Å²) in [6.45, 7) is 2.03. The third-order valence-corrected chi connectivity index (χ3v) is 4.21. The van der Waals surface area contributed by atoms with E-state index in [1.165, 1.54) is 10.5 Å². The first-order valence-electron chi connectivity index (χ1n) is 6.87. The molecule has 3 nitrogen and oxygen atoms in total. The molecule has 0 heterocycles. The molecule has 0 fully saturated rings. The Kier molecular flexibility index (Phi) is 5.53. The van der Waals surface area contributed by atoms with Crippen molar-refractivity contribution in [3.05, 3.63) is 48.0 Å². The SMILES string of the molecule is COc1ccc(Sc2ccccc2C[C@H](C)N)cc1OC. The second kappa shape index (κ2) is 7.38. The third kappa shape index (κ3) is 4.16. The number of benzene rings is 2. The summed E-state index contributed by atoms with van der Waals surface area (Å²) in [5.74, 6) is 1.48. The zero-order chi connectivity index (χ0) is 15.2. The Bertz CT molecular complexity index is 599. The van der Waals surface area contributed by atoms with Gasteiger partial charge in [0.05, 0.1) is 14.2 Å². The van der Waals surface area contributed by atoms with E-state index in [0.29, 0.717) is 0 Å². The van der Waals surface area contributed by atoms with Crippen molar-refractivity contribution in [1.82, 2.24) is 0 Å². The van der Waals surface area contributed by atoms with Gasteiger partial charge in [0, 0.05) is 15.8 Å². The van der Waals surface area contributed by atoms with Gasteiger partial charge in [0.15, 0.2) is 11.5 Å². The van der Waals surface area contributed by atoms with Crippen LogP contribution < -0.4 is 15.2 Å².